The summed E-state index contributed by atoms with van der Waals surface area (Å²) in [5.74, 6) is 2.07. The van der Waals surface area contributed by atoms with Crippen molar-refractivity contribution in [1.29, 1.82) is 0 Å². The maximum absolute atomic E-state index is 12.3. The van der Waals surface area contributed by atoms with E-state index in [1.807, 2.05) is 30.3 Å². The molecule has 7 heteroatoms. The van der Waals surface area contributed by atoms with Crippen molar-refractivity contribution in [3.8, 4) is 0 Å². The molecular formula is C21H37IN4OS. The lowest BCUT2D eigenvalue weighted by Crippen LogP contribution is -2.48. The minimum atomic E-state index is -0.876. The monoisotopic (exact) mass is 520 g/mol. The van der Waals surface area contributed by atoms with Gasteiger partial charge < -0.3 is 15.5 Å². The molecule has 0 aromatic heterocycles. The molecule has 1 unspecified atom stereocenters. The van der Waals surface area contributed by atoms with Gasteiger partial charge in [0.05, 0.1) is 6.54 Å². The van der Waals surface area contributed by atoms with Crippen molar-refractivity contribution in [3.63, 3.8) is 0 Å². The smallest absolute Gasteiger partial charge is 0.191 e. The first-order valence-corrected chi connectivity index (χ1v) is 11.9. The molecule has 0 spiro atoms. The minimum absolute atomic E-state index is 0. The number of nitrogens with one attached hydrogen (secondary N) is 2. The molecule has 1 fully saturated rings. The van der Waals surface area contributed by atoms with Crippen molar-refractivity contribution in [1.82, 2.24) is 15.5 Å². The molecule has 1 heterocycles. The molecule has 0 amide bonds. The van der Waals surface area contributed by atoms with E-state index in [0.29, 0.717) is 24.1 Å². The number of nitrogens with zero attached hydrogens (tertiary/aromatic N) is 2. The van der Waals surface area contributed by atoms with Crippen LogP contribution in [0.25, 0.3) is 0 Å². The molecule has 1 aliphatic rings. The van der Waals surface area contributed by atoms with Gasteiger partial charge in [-0.1, -0.05) is 43.7 Å². The zero-order valence-corrected chi connectivity index (χ0v) is 20.5. The number of aliphatic imine (C=N–C) groups is 1. The van der Waals surface area contributed by atoms with Crippen LogP contribution in [-0.4, -0.2) is 59.6 Å². The summed E-state index contributed by atoms with van der Waals surface area (Å²) in [4.78, 5) is 7.21. The zero-order valence-electron chi connectivity index (χ0n) is 17.4. The highest BCUT2D eigenvalue weighted by Gasteiger charge is 2.19. The Hall–Kier alpha value is -0.670. The van der Waals surface area contributed by atoms with E-state index in [4.69, 9.17) is 0 Å². The first kappa shape index (κ1) is 25.4. The van der Waals surface area contributed by atoms with Gasteiger partial charge in [-0.15, -0.1) is 24.0 Å². The fraction of sp³-hybridized carbons (Fsp3) is 0.667. The van der Waals surface area contributed by atoms with Crippen LogP contribution >= 0.6 is 24.0 Å². The number of hydrogen-bond acceptors (Lipinski definition) is 3. The molecule has 1 aromatic rings. The summed E-state index contributed by atoms with van der Waals surface area (Å²) in [6.07, 6.45) is 4.88. The van der Waals surface area contributed by atoms with Gasteiger partial charge in [0.15, 0.2) is 5.96 Å². The molecule has 1 saturated heterocycles. The summed E-state index contributed by atoms with van der Waals surface area (Å²) in [5.41, 5.74) is 1.12. The number of likely N-dealkylation sites (tertiary alicyclic amines) is 1. The van der Waals surface area contributed by atoms with Gasteiger partial charge in [-0.3, -0.25) is 9.20 Å². The molecule has 28 heavy (non-hydrogen) atoms. The summed E-state index contributed by atoms with van der Waals surface area (Å²) < 4.78 is 12.3. The fourth-order valence-corrected chi connectivity index (χ4v) is 4.29. The zero-order chi connectivity index (χ0) is 19.3. The Morgan fingerprint density at radius 1 is 1.21 bits per heavy atom. The van der Waals surface area contributed by atoms with Crippen LogP contribution in [-0.2, 0) is 16.6 Å². The average molecular weight is 521 g/mol. The number of guanidine groups is 1. The molecule has 160 valence electrons. The van der Waals surface area contributed by atoms with E-state index in [2.05, 4.69) is 34.4 Å². The van der Waals surface area contributed by atoms with Crippen LogP contribution in [0.2, 0.25) is 0 Å². The van der Waals surface area contributed by atoms with Crippen LogP contribution < -0.4 is 10.6 Å². The van der Waals surface area contributed by atoms with Crippen molar-refractivity contribution in [2.45, 2.75) is 51.3 Å². The van der Waals surface area contributed by atoms with Gasteiger partial charge in [0, 0.05) is 48.0 Å². The molecule has 5 nitrogen and oxygen atoms in total. The first-order valence-electron chi connectivity index (χ1n) is 10.4. The molecule has 0 saturated carbocycles. The second kappa shape index (κ2) is 15.2. The standard InChI is InChI=1S/C21H36N4OS.HI/c1-3-5-14-25-15-11-20(12-16-25)24-21(22-4-2)23-13-17-27(26)18-19-9-7-6-8-10-19;/h6-10,20H,3-5,11-18H2,1-2H3,(H2,22,23,24);1H. The SMILES string of the molecule is CCCCN1CCC(NC(=NCCS(=O)Cc2ccccc2)NCC)CC1.I. The Bertz CT molecular complexity index is 577. The van der Waals surface area contributed by atoms with E-state index in [1.54, 1.807) is 0 Å². The fourth-order valence-electron chi connectivity index (χ4n) is 3.29. The lowest BCUT2D eigenvalue weighted by molar-refractivity contribution is 0.203. The lowest BCUT2D eigenvalue weighted by atomic mass is 10.0. The predicted molar refractivity (Wildman–Crippen MR) is 132 cm³/mol. The third-order valence-electron chi connectivity index (χ3n) is 4.86. The summed E-state index contributed by atoms with van der Waals surface area (Å²) in [6, 6.07) is 10.5. The van der Waals surface area contributed by atoms with Gasteiger partial charge in [-0.2, -0.15) is 0 Å². The third-order valence-corrected chi connectivity index (χ3v) is 6.15. The number of rotatable bonds is 10. The van der Waals surface area contributed by atoms with Crippen LogP contribution in [0.15, 0.2) is 35.3 Å². The number of benzene rings is 1. The number of piperidine rings is 1. The summed E-state index contributed by atoms with van der Waals surface area (Å²) in [5, 5.41) is 6.90. The third kappa shape index (κ3) is 10.2. The Morgan fingerprint density at radius 2 is 1.93 bits per heavy atom. The highest BCUT2D eigenvalue weighted by Crippen LogP contribution is 2.11. The van der Waals surface area contributed by atoms with Crippen molar-refractivity contribution in [3.05, 3.63) is 35.9 Å². The van der Waals surface area contributed by atoms with Crippen molar-refractivity contribution >= 4 is 40.7 Å². The summed E-state index contributed by atoms with van der Waals surface area (Å²) in [7, 11) is -0.876. The van der Waals surface area contributed by atoms with Crippen LogP contribution in [0.4, 0.5) is 0 Å². The predicted octanol–water partition coefficient (Wildman–Crippen LogP) is 3.37. The van der Waals surface area contributed by atoms with Gasteiger partial charge >= 0.3 is 0 Å². The minimum Gasteiger partial charge on any atom is -0.357 e. The molecular weight excluding hydrogens is 483 g/mol. The number of halogens is 1. The maximum Gasteiger partial charge on any atom is 0.191 e. The molecule has 2 N–H and O–H groups in total. The Morgan fingerprint density at radius 3 is 2.57 bits per heavy atom. The lowest BCUT2D eigenvalue weighted by Gasteiger charge is -2.33. The van der Waals surface area contributed by atoms with Crippen molar-refractivity contribution < 1.29 is 4.21 Å². The molecule has 1 atom stereocenters. The van der Waals surface area contributed by atoms with Crippen LogP contribution in [0.5, 0.6) is 0 Å². The Kier molecular flexibility index (Phi) is 13.8. The molecule has 0 radical (unpaired) electrons. The largest absolute Gasteiger partial charge is 0.357 e. The highest BCUT2D eigenvalue weighted by atomic mass is 127. The Labute approximate surface area is 190 Å². The first-order chi connectivity index (χ1) is 13.2. The van der Waals surface area contributed by atoms with Crippen LogP contribution in [0.3, 0.4) is 0 Å². The second-order valence-corrected chi connectivity index (χ2v) is 8.72. The van der Waals surface area contributed by atoms with Gasteiger partial charge in [0.2, 0.25) is 0 Å². The van der Waals surface area contributed by atoms with Gasteiger partial charge in [0.1, 0.15) is 0 Å². The normalized spacial score (nSPS) is 17.0. The molecule has 0 aliphatic carbocycles. The van der Waals surface area contributed by atoms with Crippen LogP contribution in [0.1, 0.15) is 45.1 Å². The van der Waals surface area contributed by atoms with Gasteiger partial charge in [0.25, 0.3) is 0 Å². The quantitative estimate of drug-likeness (QED) is 0.282. The van der Waals surface area contributed by atoms with E-state index in [1.165, 1.54) is 19.4 Å². The average Bonchev–Trinajstić information content (AvgIpc) is 2.68. The maximum atomic E-state index is 12.3. The van der Waals surface area contributed by atoms with E-state index in [9.17, 15) is 4.21 Å². The Balaban J connectivity index is 0.00000392. The topological polar surface area (TPSA) is 56.7 Å². The molecule has 2 rings (SSSR count). The van der Waals surface area contributed by atoms with E-state index >= 15 is 0 Å². The van der Waals surface area contributed by atoms with Crippen LogP contribution in [0, 0.1) is 0 Å². The number of unbranched alkanes of at least 4 members (excludes halogenated alkanes) is 1. The van der Waals surface area contributed by atoms with E-state index < -0.39 is 10.8 Å². The van der Waals surface area contributed by atoms with Crippen molar-refractivity contribution in [2.75, 3.05) is 38.5 Å². The molecule has 1 aromatic carbocycles. The van der Waals surface area contributed by atoms with Crippen molar-refractivity contribution in [2.24, 2.45) is 4.99 Å². The summed E-state index contributed by atoms with van der Waals surface area (Å²) >= 11 is 0. The highest BCUT2D eigenvalue weighted by molar-refractivity contribution is 14.0. The molecule has 0 bridgehead atoms. The van der Waals surface area contributed by atoms with E-state index in [0.717, 1.165) is 44.0 Å². The number of hydrogen-bond donors (Lipinski definition) is 2. The second-order valence-electron chi connectivity index (χ2n) is 7.15. The summed E-state index contributed by atoms with van der Waals surface area (Å²) in [6.45, 7) is 9.32. The van der Waals surface area contributed by atoms with E-state index in [-0.39, 0.29) is 24.0 Å². The molecule has 1 aliphatic heterocycles. The van der Waals surface area contributed by atoms with Gasteiger partial charge in [-0.05, 0) is 38.3 Å². The van der Waals surface area contributed by atoms with Gasteiger partial charge in [-0.25, -0.2) is 0 Å².